The largest absolute Gasteiger partial charge is 0.478 e. The Bertz CT molecular complexity index is 2300. The molecule has 1 aromatic heterocycles. The Labute approximate surface area is 308 Å². The van der Waals surface area contributed by atoms with Gasteiger partial charge in [0.15, 0.2) is 0 Å². The number of carbonyl (C=O) groups excluding carboxylic acids is 3. The lowest BCUT2D eigenvalue weighted by Gasteiger charge is -2.22. The molecule has 52 heavy (non-hydrogen) atoms. The predicted molar refractivity (Wildman–Crippen MR) is 206 cm³/mol. The van der Waals surface area contributed by atoms with Crippen LogP contribution in [0.5, 0.6) is 0 Å². The first-order valence-corrected chi connectivity index (χ1v) is 18.5. The molecule has 1 aliphatic carbocycles. The quantitative estimate of drug-likeness (QED) is 0.0950. The molecule has 2 atom stereocenters. The molecule has 0 fully saturated rings. The van der Waals surface area contributed by atoms with E-state index in [4.69, 9.17) is 4.74 Å². The molecule has 0 spiro atoms. The number of esters is 1. The van der Waals surface area contributed by atoms with Gasteiger partial charge in [-0.15, -0.1) is 23.1 Å². The molecule has 8 nitrogen and oxygen atoms in total. The molecule has 0 aliphatic heterocycles. The molecule has 5 aromatic carbocycles. The lowest BCUT2D eigenvalue weighted by Crippen LogP contribution is -2.20. The molecular weight excluding hydrogens is 693 g/mol. The van der Waals surface area contributed by atoms with Crippen molar-refractivity contribution in [2.24, 2.45) is 0 Å². The van der Waals surface area contributed by atoms with Crippen LogP contribution in [-0.2, 0) is 22.4 Å². The lowest BCUT2D eigenvalue weighted by molar-refractivity contribution is -0.115. The molecule has 0 saturated carbocycles. The molecule has 1 heterocycles. The monoisotopic (exact) mass is 726 g/mol. The van der Waals surface area contributed by atoms with Crippen molar-refractivity contribution >= 4 is 68.3 Å². The minimum Gasteiger partial charge on any atom is -0.478 e. The Morgan fingerprint density at radius 2 is 1.52 bits per heavy atom. The van der Waals surface area contributed by atoms with Gasteiger partial charge in [-0.3, -0.25) is 9.59 Å². The number of hydrogen-bond donors (Lipinski definition) is 3. The number of nitrogens with one attached hydrogen (secondary N) is 2. The molecule has 7 rings (SSSR count). The molecule has 260 valence electrons. The van der Waals surface area contributed by atoms with Crippen LogP contribution in [0.2, 0.25) is 0 Å². The summed E-state index contributed by atoms with van der Waals surface area (Å²) in [5, 5.41) is 16.6. The van der Waals surface area contributed by atoms with Crippen LogP contribution in [-0.4, -0.2) is 36.0 Å². The maximum absolute atomic E-state index is 14.2. The summed E-state index contributed by atoms with van der Waals surface area (Å²) in [6, 6.07) is 36.9. The van der Waals surface area contributed by atoms with E-state index in [1.807, 2.05) is 54.6 Å². The Morgan fingerprint density at radius 3 is 2.23 bits per heavy atom. The zero-order chi connectivity index (χ0) is 36.2. The number of rotatable bonds is 10. The minimum atomic E-state index is -1.12. The van der Waals surface area contributed by atoms with Gasteiger partial charge >= 0.3 is 11.9 Å². The fourth-order valence-corrected chi connectivity index (χ4v) is 9.17. The summed E-state index contributed by atoms with van der Waals surface area (Å²) < 4.78 is 5.20. The number of fused-ring (bicyclic) bond motifs is 2. The van der Waals surface area contributed by atoms with Crippen LogP contribution in [0.15, 0.2) is 126 Å². The third-order valence-electron chi connectivity index (χ3n) is 9.23. The van der Waals surface area contributed by atoms with E-state index in [1.165, 1.54) is 41.8 Å². The highest BCUT2D eigenvalue weighted by Gasteiger charge is 2.32. The fraction of sp³-hybridized carbons (Fsp3) is 0.143. The maximum atomic E-state index is 14.2. The zero-order valence-corrected chi connectivity index (χ0v) is 29.8. The zero-order valence-electron chi connectivity index (χ0n) is 28.1. The van der Waals surface area contributed by atoms with Crippen molar-refractivity contribution in [3.63, 3.8) is 0 Å². The Kier molecular flexibility index (Phi) is 10.2. The van der Waals surface area contributed by atoms with E-state index >= 15 is 0 Å². The Hall–Kier alpha value is -5.71. The summed E-state index contributed by atoms with van der Waals surface area (Å²) in [6.07, 6.45) is 2.37. The second-order valence-corrected chi connectivity index (χ2v) is 14.7. The van der Waals surface area contributed by atoms with Crippen molar-refractivity contribution in [2.75, 3.05) is 17.7 Å². The van der Waals surface area contributed by atoms with Gasteiger partial charge in [0, 0.05) is 26.4 Å². The van der Waals surface area contributed by atoms with Crippen molar-refractivity contribution in [1.82, 2.24) is 0 Å². The first kappa shape index (κ1) is 34.7. The van der Waals surface area contributed by atoms with Crippen LogP contribution < -0.4 is 10.6 Å². The fourth-order valence-electron chi connectivity index (χ4n) is 6.77. The van der Waals surface area contributed by atoms with Gasteiger partial charge in [0.2, 0.25) is 5.91 Å². The SMILES string of the molecule is COC(=O)c1c(NC(=O)C(Sc2cccc(NC(=O)c3cccc4cccc(C(=O)O)c34)c2)c2ccccc2)sc2c1CCC(c1ccccc1)C2. The molecule has 2 unspecified atom stereocenters. The van der Waals surface area contributed by atoms with Gasteiger partial charge in [-0.05, 0) is 77.6 Å². The molecule has 0 radical (unpaired) electrons. The summed E-state index contributed by atoms with van der Waals surface area (Å²) in [4.78, 5) is 54.7. The molecule has 10 heteroatoms. The van der Waals surface area contributed by atoms with Crippen molar-refractivity contribution in [3.05, 3.63) is 160 Å². The standard InChI is InChI=1S/C42H34N2O6S2/c1-50-42(49)36-31-22-21-28(25-11-4-2-5-12-25)23-34(31)52-40(36)44-39(46)37(27-13-6-3-7-14-27)51-30-18-10-17-29(24-30)43-38(45)32-19-8-15-26-16-9-20-33(35(26)32)41(47)48/h2-20,24,28,37H,21-23H2,1H3,(H,43,45)(H,44,46)(H,47,48). The molecule has 1 aliphatic rings. The normalized spacial score (nSPS) is 14.2. The van der Waals surface area contributed by atoms with E-state index in [0.717, 1.165) is 33.7 Å². The van der Waals surface area contributed by atoms with Crippen molar-refractivity contribution in [1.29, 1.82) is 0 Å². The van der Waals surface area contributed by atoms with E-state index in [0.29, 0.717) is 39.4 Å². The topological polar surface area (TPSA) is 122 Å². The average molecular weight is 727 g/mol. The van der Waals surface area contributed by atoms with Crippen molar-refractivity contribution < 1.29 is 29.0 Å². The van der Waals surface area contributed by atoms with Crippen LogP contribution in [0.25, 0.3) is 10.8 Å². The lowest BCUT2D eigenvalue weighted by atomic mass is 9.83. The van der Waals surface area contributed by atoms with Gasteiger partial charge in [-0.2, -0.15) is 0 Å². The highest BCUT2D eigenvalue weighted by Crippen LogP contribution is 2.44. The second kappa shape index (κ2) is 15.3. The molecule has 0 bridgehead atoms. The van der Waals surface area contributed by atoms with Gasteiger partial charge in [0.25, 0.3) is 5.91 Å². The van der Waals surface area contributed by atoms with Crippen LogP contribution in [0.4, 0.5) is 10.7 Å². The van der Waals surface area contributed by atoms with E-state index in [1.54, 1.807) is 48.5 Å². The Morgan fingerprint density at radius 1 is 0.827 bits per heavy atom. The summed E-state index contributed by atoms with van der Waals surface area (Å²) in [6.45, 7) is 0. The van der Waals surface area contributed by atoms with Gasteiger partial charge in [-0.1, -0.05) is 91.0 Å². The number of carboxylic acid groups (broad SMARTS) is 1. The number of carboxylic acids is 1. The third-order valence-corrected chi connectivity index (χ3v) is 11.6. The summed E-state index contributed by atoms with van der Waals surface area (Å²) in [5.41, 5.74) is 4.15. The number of hydrogen-bond acceptors (Lipinski definition) is 7. The maximum Gasteiger partial charge on any atom is 0.341 e. The first-order chi connectivity index (χ1) is 25.3. The molecule has 0 saturated heterocycles. The van der Waals surface area contributed by atoms with E-state index < -0.39 is 23.1 Å². The Balaban J connectivity index is 1.15. The minimum absolute atomic E-state index is 0.0437. The highest BCUT2D eigenvalue weighted by molar-refractivity contribution is 8.00. The van der Waals surface area contributed by atoms with Gasteiger partial charge in [-0.25, -0.2) is 9.59 Å². The van der Waals surface area contributed by atoms with Crippen LogP contribution in [0.1, 0.15) is 70.2 Å². The van der Waals surface area contributed by atoms with Crippen molar-refractivity contribution in [2.45, 2.75) is 35.3 Å². The summed E-state index contributed by atoms with van der Waals surface area (Å²) in [5.74, 6) is -2.02. The second-order valence-electron chi connectivity index (χ2n) is 12.4. The van der Waals surface area contributed by atoms with Gasteiger partial charge in [0.1, 0.15) is 10.3 Å². The van der Waals surface area contributed by atoms with Gasteiger partial charge < -0.3 is 20.5 Å². The average Bonchev–Trinajstić information content (AvgIpc) is 3.53. The first-order valence-electron chi connectivity index (χ1n) is 16.8. The number of aromatic carboxylic acids is 1. The number of thiophene rings is 1. The number of carbonyl (C=O) groups is 4. The summed E-state index contributed by atoms with van der Waals surface area (Å²) >= 11 is 2.75. The van der Waals surface area contributed by atoms with Crippen LogP contribution in [0, 0.1) is 0 Å². The van der Waals surface area contributed by atoms with Gasteiger partial charge in [0.05, 0.1) is 18.2 Å². The van der Waals surface area contributed by atoms with Crippen LogP contribution in [0.3, 0.4) is 0 Å². The smallest absolute Gasteiger partial charge is 0.341 e. The number of benzene rings is 5. The molecular formula is C42H34N2O6S2. The predicted octanol–water partition coefficient (Wildman–Crippen LogP) is 9.38. The van der Waals surface area contributed by atoms with E-state index in [-0.39, 0.29) is 17.0 Å². The highest BCUT2D eigenvalue weighted by atomic mass is 32.2. The van der Waals surface area contributed by atoms with Crippen LogP contribution >= 0.6 is 23.1 Å². The van der Waals surface area contributed by atoms with E-state index in [9.17, 15) is 24.3 Å². The van der Waals surface area contributed by atoms with Crippen molar-refractivity contribution in [3.8, 4) is 0 Å². The number of anilines is 2. The number of ether oxygens (including phenoxy) is 1. The molecule has 2 amide bonds. The summed E-state index contributed by atoms with van der Waals surface area (Å²) in [7, 11) is 1.35. The molecule has 3 N–H and O–H groups in total. The third kappa shape index (κ3) is 7.21. The van der Waals surface area contributed by atoms with E-state index in [2.05, 4.69) is 22.8 Å². The number of thioether (sulfide) groups is 1. The number of methoxy groups -OCH3 is 1. The number of amides is 2. The molecule has 6 aromatic rings.